The molecule has 0 bridgehead atoms. The minimum Gasteiger partial charge on any atom is -0.381 e. The highest BCUT2D eigenvalue weighted by atomic mass is 35.5. The summed E-state index contributed by atoms with van der Waals surface area (Å²) in [6.45, 7) is 1.22. The molecule has 0 radical (unpaired) electrons. The van der Waals surface area contributed by atoms with Gasteiger partial charge in [-0.05, 0) is 12.1 Å². The molecule has 0 saturated carbocycles. The fraction of sp³-hybridized carbons (Fsp3) is 0.222. The topological polar surface area (TPSA) is 41.1 Å². The van der Waals surface area contributed by atoms with Crippen LogP contribution in [0.5, 0.6) is 0 Å². The van der Waals surface area contributed by atoms with Crippen LogP contribution >= 0.6 is 23.2 Å². The minimum absolute atomic E-state index is 0.183. The van der Waals surface area contributed by atoms with Gasteiger partial charge in [-0.15, -0.1) is 0 Å². The third kappa shape index (κ3) is 1.53. The molecule has 1 aromatic carbocycles. The molecule has 0 spiro atoms. The molecule has 2 N–H and O–H groups in total. The third-order valence-electron chi connectivity index (χ3n) is 2.04. The van der Waals surface area contributed by atoms with Crippen LogP contribution in [0.2, 0.25) is 10.0 Å². The van der Waals surface area contributed by atoms with E-state index >= 15 is 0 Å². The van der Waals surface area contributed by atoms with Crippen LogP contribution in [0.15, 0.2) is 12.1 Å². The summed E-state index contributed by atoms with van der Waals surface area (Å²) in [5, 5.41) is 6.72. The maximum atomic E-state index is 11.6. The van der Waals surface area contributed by atoms with Crippen LogP contribution in [0.4, 0.5) is 5.69 Å². The SMILES string of the molecule is O=C1NCCNc2c(Cl)ccc(Cl)c21. The van der Waals surface area contributed by atoms with E-state index in [9.17, 15) is 4.79 Å². The van der Waals surface area contributed by atoms with E-state index in [0.29, 0.717) is 34.4 Å². The van der Waals surface area contributed by atoms with Gasteiger partial charge >= 0.3 is 0 Å². The van der Waals surface area contributed by atoms with Gasteiger partial charge in [0.2, 0.25) is 0 Å². The van der Waals surface area contributed by atoms with Crippen LogP contribution in [0.25, 0.3) is 0 Å². The second-order valence-corrected chi connectivity index (χ2v) is 3.78. The van der Waals surface area contributed by atoms with Gasteiger partial charge in [0, 0.05) is 13.1 Å². The van der Waals surface area contributed by atoms with Crippen LogP contribution < -0.4 is 10.6 Å². The molecule has 1 aromatic rings. The zero-order chi connectivity index (χ0) is 10.1. The van der Waals surface area contributed by atoms with Gasteiger partial charge < -0.3 is 10.6 Å². The van der Waals surface area contributed by atoms with Gasteiger partial charge in [0.25, 0.3) is 5.91 Å². The Morgan fingerprint density at radius 3 is 2.50 bits per heavy atom. The highest BCUT2D eigenvalue weighted by Crippen LogP contribution is 2.32. The Labute approximate surface area is 91.4 Å². The number of rotatable bonds is 0. The first-order chi connectivity index (χ1) is 6.70. The standard InChI is InChI=1S/C9H8Cl2N2O/c10-5-1-2-6(11)8-7(5)9(14)13-4-3-12-8/h1-2,12H,3-4H2,(H,13,14). The maximum absolute atomic E-state index is 11.6. The number of fused-ring (bicyclic) bond motifs is 1. The number of anilines is 1. The quantitative estimate of drug-likeness (QED) is 0.718. The van der Waals surface area contributed by atoms with Crippen molar-refractivity contribution in [3.05, 3.63) is 27.7 Å². The first-order valence-corrected chi connectivity index (χ1v) is 4.96. The maximum Gasteiger partial charge on any atom is 0.255 e. The molecule has 0 atom stereocenters. The fourth-order valence-electron chi connectivity index (χ4n) is 1.40. The summed E-state index contributed by atoms with van der Waals surface area (Å²) >= 11 is 11.9. The van der Waals surface area contributed by atoms with E-state index in [0.717, 1.165) is 0 Å². The van der Waals surface area contributed by atoms with Crippen LogP contribution in [-0.4, -0.2) is 19.0 Å². The van der Waals surface area contributed by atoms with Crippen molar-refractivity contribution in [1.82, 2.24) is 5.32 Å². The zero-order valence-electron chi connectivity index (χ0n) is 7.23. The first kappa shape index (κ1) is 9.62. The molecule has 0 unspecified atom stereocenters. The van der Waals surface area contributed by atoms with Gasteiger partial charge in [0.05, 0.1) is 21.3 Å². The Hall–Kier alpha value is -0.930. The third-order valence-corrected chi connectivity index (χ3v) is 2.67. The highest BCUT2D eigenvalue weighted by molar-refractivity contribution is 6.38. The summed E-state index contributed by atoms with van der Waals surface area (Å²) in [5.41, 5.74) is 1.05. The van der Waals surface area contributed by atoms with Gasteiger partial charge in [0.15, 0.2) is 0 Å². The van der Waals surface area contributed by atoms with Gasteiger partial charge in [-0.1, -0.05) is 23.2 Å². The van der Waals surface area contributed by atoms with Crippen molar-refractivity contribution in [2.45, 2.75) is 0 Å². The average Bonchev–Trinajstić information content (AvgIpc) is 2.35. The molecular weight excluding hydrogens is 223 g/mol. The molecule has 0 fully saturated rings. The summed E-state index contributed by atoms with van der Waals surface area (Å²) in [7, 11) is 0. The number of hydrogen-bond donors (Lipinski definition) is 2. The molecule has 1 aliphatic heterocycles. The van der Waals surface area contributed by atoms with Gasteiger partial charge in [0.1, 0.15) is 0 Å². The first-order valence-electron chi connectivity index (χ1n) is 4.20. The van der Waals surface area contributed by atoms with E-state index < -0.39 is 0 Å². The monoisotopic (exact) mass is 230 g/mol. The Balaban J connectivity index is 2.62. The number of benzene rings is 1. The number of halogens is 2. The predicted octanol–water partition coefficient (Wildman–Crippen LogP) is 2.15. The van der Waals surface area contributed by atoms with Crippen molar-refractivity contribution in [2.24, 2.45) is 0 Å². The number of amides is 1. The highest BCUT2D eigenvalue weighted by Gasteiger charge is 2.20. The Kier molecular flexibility index (Phi) is 2.52. The van der Waals surface area contributed by atoms with E-state index in [4.69, 9.17) is 23.2 Å². The molecule has 2 rings (SSSR count). The molecule has 0 aliphatic carbocycles. The van der Waals surface area contributed by atoms with Gasteiger partial charge in [-0.3, -0.25) is 4.79 Å². The number of nitrogens with one attached hydrogen (secondary N) is 2. The molecule has 5 heteroatoms. The average molecular weight is 231 g/mol. The van der Waals surface area contributed by atoms with E-state index in [1.165, 1.54) is 0 Å². The summed E-state index contributed by atoms with van der Waals surface area (Å²) in [6, 6.07) is 3.30. The van der Waals surface area contributed by atoms with Crippen LogP contribution in [0, 0.1) is 0 Å². The number of carbonyl (C=O) groups excluding carboxylic acids is 1. The lowest BCUT2D eigenvalue weighted by atomic mass is 10.1. The van der Waals surface area contributed by atoms with Crippen molar-refractivity contribution >= 4 is 34.8 Å². The summed E-state index contributed by atoms with van der Waals surface area (Å²) in [6.07, 6.45) is 0. The molecule has 14 heavy (non-hydrogen) atoms. The molecule has 0 saturated heterocycles. The van der Waals surface area contributed by atoms with Crippen molar-refractivity contribution in [3.8, 4) is 0 Å². The Bertz CT molecular complexity index is 393. The van der Waals surface area contributed by atoms with Crippen LogP contribution in [-0.2, 0) is 0 Å². The van der Waals surface area contributed by atoms with E-state index in [-0.39, 0.29) is 5.91 Å². The molecule has 1 heterocycles. The molecule has 0 aromatic heterocycles. The lowest BCUT2D eigenvalue weighted by Crippen LogP contribution is -2.24. The zero-order valence-corrected chi connectivity index (χ0v) is 8.74. The molecule has 1 amide bonds. The van der Waals surface area contributed by atoms with E-state index in [1.54, 1.807) is 12.1 Å². The lowest BCUT2D eigenvalue weighted by molar-refractivity contribution is 0.0958. The second kappa shape index (κ2) is 3.67. The van der Waals surface area contributed by atoms with Crippen molar-refractivity contribution in [2.75, 3.05) is 18.4 Å². The lowest BCUT2D eigenvalue weighted by Gasteiger charge is -2.09. The summed E-state index contributed by atoms with van der Waals surface area (Å²) in [4.78, 5) is 11.6. The Morgan fingerprint density at radius 2 is 1.71 bits per heavy atom. The number of carbonyl (C=O) groups is 1. The van der Waals surface area contributed by atoms with Gasteiger partial charge in [-0.25, -0.2) is 0 Å². The summed E-state index contributed by atoms with van der Waals surface area (Å²) in [5.74, 6) is -0.183. The molecule has 3 nitrogen and oxygen atoms in total. The normalized spacial score (nSPS) is 15.1. The van der Waals surface area contributed by atoms with Crippen molar-refractivity contribution in [1.29, 1.82) is 0 Å². The Morgan fingerprint density at radius 1 is 1.07 bits per heavy atom. The van der Waals surface area contributed by atoms with Crippen LogP contribution in [0.3, 0.4) is 0 Å². The summed E-state index contributed by atoms with van der Waals surface area (Å²) < 4.78 is 0. The molecule has 74 valence electrons. The fourth-order valence-corrected chi connectivity index (χ4v) is 1.87. The minimum atomic E-state index is -0.183. The molecule has 1 aliphatic rings. The van der Waals surface area contributed by atoms with E-state index in [2.05, 4.69) is 10.6 Å². The largest absolute Gasteiger partial charge is 0.381 e. The van der Waals surface area contributed by atoms with Crippen LogP contribution in [0.1, 0.15) is 10.4 Å². The molecular formula is C9H8Cl2N2O. The van der Waals surface area contributed by atoms with Crippen molar-refractivity contribution < 1.29 is 4.79 Å². The van der Waals surface area contributed by atoms with Gasteiger partial charge in [-0.2, -0.15) is 0 Å². The smallest absolute Gasteiger partial charge is 0.255 e. The van der Waals surface area contributed by atoms with Crippen molar-refractivity contribution in [3.63, 3.8) is 0 Å². The second-order valence-electron chi connectivity index (χ2n) is 2.96. The number of hydrogen-bond acceptors (Lipinski definition) is 2. The van der Waals surface area contributed by atoms with E-state index in [1.807, 2.05) is 0 Å². The predicted molar refractivity (Wildman–Crippen MR) is 57.3 cm³/mol.